The van der Waals surface area contributed by atoms with E-state index in [1.807, 2.05) is 42.5 Å². The number of carbonyl (C=O) groups is 1. The molecule has 0 spiro atoms. The number of anilines is 1. The second kappa shape index (κ2) is 11.9. The number of hydrogen-bond donors (Lipinski definition) is 4. The predicted molar refractivity (Wildman–Crippen MR) is 158 cm³/mol. The maximum absolute atomic E-state index is 13.0. The first-order chi connectivity index (χ1) is 19.2. The number of ether oxygens (including phenoxy) is 2. The fourth-order valence-corrected chi connectivity index (χ4v) is 4.79. The highest BCUT2D eigenvalue weighted by Crippen LogP contribution is 2.30. The van der Waals surface area contributed by atoms with Gasteiger partial charge in [-0.05, 0) is 56.7 Å². The number of nitrogens with one attached hydrogen (secondary N) is 2. The molecule has 1 atom stereocenters. The lowest BCUT2D eigenvalue weighted by Crippen LogP contribution is -2.41. The molecule has 0 aliphatic carbocycles. The van der Waals surface area contributed by atoms with Gasteiger partial charge in [0.15, 0.2) is 0 Å². The van der Waals surface area contributed by atoms with Gasteiger partial charge in [0.25, 0.3) is 0 Å². The SMILES string of the molecule is CN(C)S(=O)(=O)Nc1cc([C@@H](O)CN(CCOc2ccc3c(c2)[nH]c2ccccc23)C(=O)OC(C)(C)C)ccc1O. The van der Waals surface area contributed by atoms with Gasteiger partial charge in [0, 0.05) is 36.5 Å². The second-order valence-electron chi connectivity index (χ2n) is 10.8. The van der Waals surface area contributed by atoms with E-state index in [-0.39, 0.29) is 36.7 Å². The van der Waals surface area contributed by atoms with Crippen LogP contribution < -0.4 is 9.46 Å². The van der Waals surface area contributed by atoms with E-state index in [1.54, 1.807) is 20.8 Å². The molecule has 0 bridgehead atoms. The molecule has 220 valence electrons. The van der Waals surface area contributed by atoms with E-state index in [2.05, 4.69) is 9.71 Å². The summed E-state index contributed by atoms with van der Waals surface area (Å²) < 4.78 is 39.2. The summed E-state index contributed by atoms with van der Waals surface area (Å²) >= 11 is 0. The van der Waals surface area contributed by atoms with E-state index in [9.17, 15) is 23.4 Å². The summed E-state index contributed by atoms with van der Waals surface area (Å²) in [5.41, 5.74) is 1.37. The van der Waals surface area contributed by atoms with Crippen molar-refractivity contribution in [3.63, 3.8) is 0 Å². The monoisotopic (exact) mass is 584 g/mol. The Morgan fingerprint density at radius 3 is 2.44 bits per heavy atom. The van der Waals surface area contributed by atoms with Crippen molar-refractivity contribution in [2.45, 2.75) is 32.5 Å². The van der Waals surface area contributed by atoms with Gasteiger partial charge in [-0.15, -0.1) is 0 Å². The van der Waals surface area contributed by atoms with Crippen molar-refractivity contribution in [2.24, 2.45) is 0 Å². The Balaban J connectivity index is 1.48. The average molecular weight is 585 g/mol. The molecule has 41 heavy (non-hydrogen) atoms. The normalized spacial score (nSPS) is 13.0. The minimum Gasteiger partial charge on any atom is -0.506 e. The molecule has 0 fully saturated rings. The van der Waals surface area contributed by atoms with Crippen LogP contribution in [0.3, 0.4) is 0 Å². The number of rotatable bonds is 10. The van der Waals surface area contributed by atoms with Crippen LogP contribution in [-0.4, -0.2) is 78.3 Å². The van der Waals surface area contributed by atoms with E-state index in [4.69, 9.17) is 9.47 Å². The molecule has 4 rings (SSSR count). The number of phenolic OH excluding ortho intramolecular Hbond substituents is 1. The summed E-state index contributed by atoms with van der Waals surface area (Å²) in [5.74, 6) is 0.306. The standard InChI is InChI=1S/C29H36N4O7S/c1-29(2,3)40-28(36)33(18-27(35)19-10-13-26(34)25(16-19)31-41(37,38)32(4)5)14-15-39-20-11-12-22-21-8-6-7-9-23(21)30-24(22)17-20/h6-13,16-17,27,30-31,34-35H,14-15,18H2,1-5H3/t27-/m0/s1. The number of fused-ring (bicyclic) bond motifs is 3. The third-order valence-corrected chi connectivity index (χ3v) is 7.72. The quantitative estimate of drug-likeness (QED) is 0.200. The number of aliphatic hydroxyl groups excluding tert-OH is 1. The van der Waals surface area contributed by atoms with Crippen molar-refractivity contribution in [1.29, 1.82) is 0 Å². The average Bonchev–Trinajstić information content (AvgIpc) is 3.26. The molecule has 1 aromatic heterocycles. The third kappa shape index (κ3) is 7.40. The van der Waals surface area contributed by atoms with Gasteiger partial charge >= 0.3 is 16.3 Å². The lowest BCUT2D eigenvalue weighted by Gasteiger charge is -2.29. The van der Waals surface area contributed by atoms with Gasteiger partial charge in [0.2, 0.25) is 0 Å². The molecular weight excluding hydrogens is 548 g/mol. The molecule has 1 heterocycles. The maximum atomic E-state index is 13.0. The Bertz CT molecular complexity index is 1640. The van der Waals surface area contributed by atoms with E-state index in [1.165, 1.54) is 37.2 Å². The summed E-state index contributed by atoms with van der Waals surface area (Å²) in [6.07, 6.45) is -1.85. The van der Waals surface area contributed by atoms with Crippen LogP contribution in [0.4, 0.5) is 10.5 Å². The summed E-state index contributed by atoms with van der Waals surface area (Å²) in [6.45, 7) is 5.30. The smallest absolute Gasteiger partial charge is 0.410 e. The molecular formula is C29H36N4O7S. The molecule has 3 aromatic carbocycles. The van der Waals surface area contributed by atoms with E-state index in [0.717, 1.165) is 26.1 Å². The topological polar surface area (TPSA) is 144 Å². The number of hydrogen-bond acceptors (Lipinski definition) is 7. The van der Waals surface area contributed by atoms with Crippen LogP contribution in [-0.2, 0) is 14.9 Å². The summed E-state index contributed by atoms with van der Waals surface area (Å²) in [5, 5.41) is 23.4. The fourth-order valence-electron chi connectivity index (χ4n) is 4.17. The molecule has 4 aromatic rings. The molecule has 0 aliphatic heterocycles. The molecule has 1 amide bonds. The first-order valence-corrected chi connectivity index (χ1v) is 14.5. The number of para-hydroxylation sites is 1. The Morgan fingerprint density at radius 1 is 1.02 bits per heavy atom. The number of benzene rings is 3. The lowest BCUT2D eigenvalue weighted by atomic mass is 10.1. The number of aromatic nitrogens is 1. The highest BCUT2D eigenvalue weighted by atomic mass is 32.2. The number of carbonyl (C=O) groups excluding carboxylic acids is 1. The first kappa shape index (κ1) is 30.0. The molecule has 0 radical (unpaired) electrons. The molecule has 4 N–H and O–H groups in total. The van der Waals surface area contributed by atoms with Gasteiger partial charge in [0.05, 0.1) is 30.4 Å². The van der Waals surface area contributed by atoms with Crippen LogP contribution in [0.25, 0.3) is 21.8 Å². The van der Waals surface area contributed by atoms with Gasteiger partial charge in [-0.1, -0.05) is 24.3 Å². The van der Waals surface area contributed by atoms with Crippen molar-refractivity contribution in [1.82, 2.24) is 14.2 Å². The predicted octanol–water partition coefficient (Wildman–Crippen LogP) is 4.59. The van der Waals surface area contributed by atoms with Crippen LogP contribution in [0.5, 0.6) is 11.5 Å². The number of phenols is 1. The summed E-state index contributed by atoms with van der Waals surface area (Å²) in [4.78, 5) is 17.7. The zero-order valence-electron chi connectivity index (χ0n) is 23.7. The van der Waals surface area contributed by atoms with Gasteiger partial charge in [-0.2, -0.15) is 12.7 Å². The van der Waals surface area contributed by atoms with Crippen LogP contribution in [0, 0.1) is 0 Å². The van der Waals surface area contributed by atoms with Crippen LogP contribution in [0.1, 0.15) is 32.4 Å². The Labute approximate surface area is 239 Å². The number of aromatic amines is 1. The zero-order valence-corrected chi connectivity index (χ0v) is 24.5. The highest BCUT2D eigenvalue weighted by Gasteiger charge is 2.25. The van der Waals surface area contributed by atoms with E-state index >= 15 is 0 Å². The molecule has 0 saturated heterocycles. The molecule has 0 unspecified atom stereocenters. The Kier molecular flexibility index (Phi) is 8.66. The molecule has 0 saturated carbocycles. The summed E-state index contributed by atoms with van der Waals surface area (Å²) in [6, 6.07) is 17.8. The van der Waals surface area contributed by atoms with Crippen molar-refractivity contribution < 1.29 is 32.9 Å². The Morgan fingerprint density at radius 2 is 1.73 bits per heavy atom. The second-order valence-corrected chi connectivity index (χ2v) is 12.7. The minimum atomic E-state index is -3.89. The third-order valence-electron chi connectivity index (χ3n) is 6.28. The van der Waals surface area contributed by atoms with Gasteiger partial charge in [0.1, 0.15) is 23.7 Å². The van der Waals surface area contributed by atoms with Crippen LogP contribution in [0.2, 0.25) is 0 Å². The zero-order chi connectivity index (χ0) is 29.9. The van der Waals surface area contributed by atoms with E-state index < -0.39 is 28.0 Å². The van der Waals surface area contributed by atoms with Crippen molar-refractivity contribution in [3.8, 4) is 11.5 Å². The molecule has 12 heteroatoms. The van der Waals surface area contributed by atoms with Gasteiger partial charge in [-0.25, -0.2) is 4.79 Å². The van der Waals surface area contributed by atoms with Crippen molar-refractivity contribution >= 4 is 43.8 Å². The van der Waals surface area contributed by atoms with Gasteiger partial charge < -0.3 is 29.6 Å². The lowest BCUT2D eigenvalue weighted by molar-refractivity contribution is 0.0117. The number of amides is 1. The van der Waals surface area contributed by atoms with Crippen molar-refractivity contribution in [3.05, 3.63) is 66.2 Å². The van der Waals surface area contributed by atoms with Gasteiger partial charge in [-0.3, -0.25) is 4.72 Å². The van der Waals surface area contributed by atoms with E-state index in [0.29, 0.717) is 5.75 Å². The van der Waals surface area contributed by atoms with Crippen LogP contribution >= 0.6 is 0 Å². The number of H-pyrrole nitrogens is 1. The molecule has 0 aliphatic rings. The largest absolute Gasteiger partial charge is 0.506 e. The van der Waals surface area contributed by atoms with Crippen molar-refractivity contribution in [2.75, 3.05) is 38.5 Å². The number of nitrogens with zero attached hydrogens (tertiary/aromatic N) is 2. The summed E-state index contributed by atoms with van der Waals surface area (Å²) in [7, 11) is -1.21. The molecule has 11 nitrogen and oxygen atoms in total. The fraction of sp³-hybridized carbons (Fsp3) is 0.345. The first-order valence-electron chi connectivity index (χ1n) is 13.1. The number of aromatic hydroxyl groups is 1. The number of aliphatic hydroxyl groups is 1. The minimum absolute atomic E-state index is 0.102. The Hall–Kier alpha value is -4.00. The maximum Gasteiger partial charge on any atom is 0.410 e. The van der Waals surface area contributed by atoms with Crippen LogP contribution in [0.15, 0.2) is 60.7 Å². The highest BCUT2D eigenvalue weighted by molar-refractivity contribution is 7.90.